The van der Waals surface area contributed by atoms with Crippen LogP contribution in [0.1, 0.15) is 37.5 Å². The van der Waals surface area contributed by atoms with E-state index in [1.165, 1.54) is 0 Å². The molecule has 1 spiro atoms. The second-order valence-corrected chi connectivity index (χ2v) is 8.20. The molecule has 7 nitrogen and oxygen atoms in total. The Morgan fingerprint density at radius 3 is 2.74 bits per heavy atom. The van der Waals surface area contributed by atoms with Crippen LogP contribution < -0.4 is 0 Å². The summed E-state index contributed by atoms with van der Waals surface area (Å²) in [5.74, 6) is 1.06. The molecule has 1 saturated heterocycles. The van der Waals surface area contributed by atoms with Gasteiger partial charge in [-0.1, -0.05) is 0 Å². The van der Waals surface area contributed by atoms with Gasteiger partial charge in [0.1, 0.15) is 16.4 Å². The first-order chi connectivity index (χ1) is 13.1. The quantitative estimate of drug-likeness (QED) is 0.784. The standard InChI is InChI=1S/C19H27N5O2S/c1-3-23(4-2)17(25)15-13-24-11-7-21-18(24)19(26-15)5-9-22(10-6-19)14-16-20-8-12-27-16/h7-8,11-12,15H,3-6,9-10,13-14H2,1-2H3. The molecule has 0 aliphatic carbocycles. The Kier molecular flexibility index (Phi) is 5.29. The number of aromatic nitrogens is 3. The Labute approximate surface area is 164 Å². The number of rotatable bonds is 5. The van der Waals surface area contributed by atoms with E-state index in [2.05, 4.69) is 19.4 Å². The van der Waals surface area contributed by atoms with Crippen LogP contribution in [0.4, 0.5) is 0 Å². The van der Waals surface area contributed by atoms with Crippen molar-refractivity contribution in [2.45, 2.75) is 51.5 Å². The Hall–Kier alpha value is -1.77. The summed E-state index contributed by atoms with van der Waals surface area (Å²) < 4.78 is 8.63. The number of carbonyl (C=O) groups is 1. The Morgan fingerprint density at radius 1 is 1.30 bits per heavy atom. The molecule has 1 unspecified atom stereocenters. The highest BCUT2D eigenvalue weighted by Crippen LogP contribution is 2.40. The molecule has 0 saturated carbocycles. The molecule has 4 heterocycles. The number of thiazole rings is 1. The van der Waals surface area contributed by atoms with Crippen molar-refractivity contribution in [1.82, 2.24) is 24.3 Å². The molecule has 2 aromatic heterocycles. The van der Waals surface area contributed by atoms with Crippen LogP contribution in [0.2, 0.25) is 0 Å². The number of nitrogens with zero attached hydrogens (tertiary/aromatic N) is 5. The Bertz CT molecular complexity index is 763. The van der Waals surface area contributed by atoms with Crippen LogP contribution in [0, 0.1) is 0 Å². The maximum atomic E-state index is 12.9. The van der Waals surface area contributed by atoms with Crippen LogP contribution in [0.15, 0.2) is 24.0 Å². The molecule has 8 heteroatoms. The summed E-state index contributed by atoms with van der Waals surface area (Å²) in [5, 5.41) is 3.16. The largest absolute Gasteiger partial charge is 0.352 e. The van der Waals surface area contributed by atoms with E-state index in [1.54, 1.807) is 11.3 Å². The number of fused-ring (bicyclic) bond motifs is 2. The number of carbonyl (C=O) groups excluding carboxylic acids is 1. The van der Waals surface area contributed by atoms with E-state index in [9.17, 15) is 4.79 Å². The van der Waals surface area contributed by atoms with Gasteiger partial charge in [-0.15, -0.1) is 11.3 Å². The van der Waals surface area contributed by atoms with E-state index >= 15 is 0 Å². The van der Waals surface area contributed by atoms with Crippen molar-refractivity contribution in [2.24, 2.45) is 0 Å². The normalized spacial score (nSPS) is 21.9. The maximum Gasteiger partial charge on any atom is 0.253 e. The van der Waals surface area contributed by atoms with E-state index in [0.29, 0.717) is 19.6 Å². The van der Waals surface area contributed by atoms with Gasteiger partial charge < -0.3 is 14.2 Å². The Morgan fingerprint density at radius 2 is 2.07 bits per heavy atom. The second-order valence-electron chi connectivity index (χ2n) is 7.22. The fourth-order valence-electron chi connectivity index (χ4n) is 4.20. The predicted molar refractivity (Wildman–Crippen MR) is 103 cm³/mol. The lowest BCUT2D eigenvalue weighted by Crippen LogP contribution is -2.54. The van der Waals surface area contributed by atoms with Crippen molar-refractivity contribution < 1.29 is 9.53 Å². The predicted octanol–water partition coefficient (Wildman–Crippen LogP) is 2.10. The molecule has 2 aliphatic rings. The number of piperidine rings is 1. The number of likely N-dealkylation sites (N-methyl/N-ethyl adjacent to an activating group) is 1. The van der Waals surface area contributed by atoms with Gasteiger partial charge >= 0.3 is 0 Å². The number of hydrogen-bond donors (Lipinski definition) is 0. The van der Waals surface area contributed by atoms with Gasteiger partial charge in [0.2, 0.25) is 0 Å². The molecule has 146 valence electrons. The third kappa shape index (κ3) is 3.53. The van der Waals surface area contributed by atoms with Crippen molar-refractivity contribution in [3.8, 4) is 0 Å². The molecule has 1 fully saturated rings. The minimum absolute atomic E-state index is 0.0870. The van der Waals surface area contributed by atoms with Gasteiger partial charge in [-0.3, -0.25) is 9.69 Å². The van der Waals surface area contributed by atoms with Crippen LogP contribution in [0.5, 0.6) is 0 Å². The highest BCUT2D eigenvalue weighted by Gasteiger charge is 2.47. The summed E-state index contributed by atoms with van der Waals surface area (Å²) in [6.07, 6.45) is 6.92. The number of amides is 1. The topological polar surface area (TPSA) is 63.5 Å². The lowest BCUT2D eigenvalue weighted by atomic mass is 9.88. The third-order valence-corrected chi connectivity index (χ3v) is 6.47. The average Bonchev–Trinajstić information content (AvgIpc) is 3.36. The van der Waals surface area contributed by atoms with Crippen molar-refractivity contribution in [3.63, 3.8) is 0 Å². The average molecular weight is 390 g/mol. The van der Waals surface area contributed by atoms with Crippen molar-refractivity contribution in [1.29, 1.82) is 0 Å². The first-order valence-corrected chi connectivity index (χ1v) is 10.6. The Balaban J connectivity index is 1.51. The molecule has 0 bridgehead atoms. The molecule has 27 heavy (non-hydrogen) atoms. The van der Waals surface area contributed by atoms with Crippen molar-refractivity contribution in [3.05, 3.63) is 34.8 Å². The van der Waals surface area contributed by atoms with E-state index < -0.39 is 11.7 Å². The SMILES string of the molecule is CCN(CC)C(=O)C1Cn2ccnc2C2(CCN(Cc3nccs3)CC2)O1. The highest BCUT2D eigenvalue weighted by molar-refractivity contribution is 7.09. The maximum absolute atomic E-state index is 12.9. The monoisotopic (exact) mass is 389 g/mol. The van der Waals surface area contributed by atoms with Gasteiger partial charge in [0.15, 0.2) is 6.10 Å². The minimum atomic E-state index is -0.464. The second kappa shape index (κ2) is 7.69. The highest BCUT2D eigenvalue weighted by atomic mass is 32.1. The van der Waals surface area contributed by atoms with Gasteiger partial charge in [0.25, 0.3) is 5.91 Å². The zero-order valence-electron chi connectivity index (χ0n) is 16.0. The molecule has 0 N–H and O–H groups in total. The number of hydrogen-bond acceptors (Lipinski definition) is 6. The summed E-state index contributed by atoms with van der Waals surface area (Å²) in [5.41, 5.74) is -0.464. The summed E-state index contributed by atoms with van der Waals surface area (Å²) in [6, 6.07) is 0. The molecule has 0 radical (unpaired) electrons. The smallest absolute Gasteiger partial charge is 0.253 e. The lowest BCUT2D eigenvalue weighted by molar-refractivity contribution is -0.181. The minimum Gasteiger partial charge on any atom is -0.352 e. The van der Waals surface area contributed by atoms with Gasteiger partial charge in [-0.05, 0) is 26.7 Å². The molecular formula is C19H27N5O2S. The fourth-order valence-corrected chi connectivity index (χ4v) is 4.86. The van der Waals surface area contributed by atoms with Crippen molar-refractivity contribution in [2.75, 3.05) is 26.2 Å². The van der Waals surface area contributed by atoms with Crippen LogP contribution in [0.25, 0.3) is 0 Å². The number of ether oxygens (including phenoxy) is 1. The van der Waals surface area contributed by atoms with Crippen molar-refractivity contribution >= 4 is 17.2 Å². The van der Waals surface area contributed by atoms with Gasteiger partial charge in [-0.2, -0.15) is 0 Å². The molecule has 4 rings (SSSR count). The van der Waals surface area contributed by atoms with Gasteiger partial charge in [0, 0.05) is 50.1 Å². The van der Waals surface area contributed by atoms with E-state index in [-0.39, 0.29) is 5.91 Å². The zero-order chi connectivity index (χ0) is 18.9. The first-order valence-electron chi connectivity index (χ1n) is 9.74. The first kappa shape index (κ1) is 18.6. The number of imidazole rings is 1. The lowest BCUT2D eigenvalue weighted by Gasteiger charge is -2.46. The van der Waals surface area contributed by atoms with Crippen LogP contribution in [-0.4, -0.2) is 62.5 Å². The summed E-state index contributed by atoms with van der Waals surface area (Å²) in [4.78, 5) is 26.2. The molecule has 1 atom stereocenters. The van der Waals surface area contributed by atoms with Crippen LogP contribution >= 0.6 is 11.3 Å². The van der Waals surface area contributed by atoms with E-state index in [4.69, 9.17) is 4.74 Å². The van der Waals surface area contributed by atoms with Crippen LogP contribution in [0.3, 0.4) is 0 Å². The molecule has 2 aliphatic heterocycles. The molecule has 1 amide bonds. The molecular weight excluding hydrogens is 362 g/mol. The fraction of sp³-hybridized carbons (Fsp3) is 0.632. The summed E-state index contributed by atoms with van der Waals surface area (Å²) in [6.45, 7) is 8.71. The summed E-state index contributed by atoms with van der Waals surface area (Å²) >= 11 is 1.70. The van der Waals surface area contributed by atoms with Crippen LogP contribution in [-0.2, 0) is 28.2 Å². The van der Waals surface area contributed by atoms with E-state index in [1.807, 2.05) is 42.7 Å². The number of likely N-dealkylation sites (tertiary alicyclic amines) is 1. The third-order valence-electron chi connectivity index (χ3n) is 5.71. The van der Waals surface area contributed by atoms with E-state index in [0.717, 1.165) is 43.3 Å². The van der Waals surface area contributed by atoms with Gasteiger partial charge in [0.05, 0.1) is 13.1 Å². The molecule has 0 aromatic carbocycles. The zero-order valence-corrected chi connectivity index (χ0v) is 16.8. The molecule has 2 aromatic rings. The summed E-state index contributed by atoms with van der Waals surface area (Å²) in [7, 11) is 0. The van der Waals surface area contributed by atoms with Gasteiger partial charge in [-0.25, -0.2) is 9.97 Å².